The van der Waals surface area contributed by atoms with Crippen LogP contribution in [0.1, 0.15) is 29.7 Å². The van der Waals surface area contributed by atoms with Crippen LogP contribution in [0.4, 0.5) is 24.7 Å². The Hall–Kier alpha value is -3.15. The average Bonchev–Trinajstić information content (AvgIpc) is 2.68. The van der Waals surface area contributed by atoms with Gasteiger partial charge in [-0.05, 0) is 38.0 Å². The van der Waals surface area contributed by atoms with Crippen LogP contribution >= 0.6 is 0 Å². The van der Waals surface area contributed by atoms with Gasteiger partial charge < -0.3 is 10.2 Å². The smallest absolute Gasteiger partial charge is 0.371 e. The molecule has 0 saturated carbocycles. The molecule has 2 aromatic rings. The molecule has 1 aliphatic heterocycles. The minimum absolute atomic E-state index is 0.173. The molecule has 2 heterocycles. The molecule has 1 aliphatic rings. The van der Waals surface area contributed by atoms with Crippen molar-refractivity contribution in [2.24, 2.45) is 5.92 Å². The first-order valence-corrected chi connectivity index (χ1v) is 8.73. The number of benzene rings is 1. The van der Waals surface area contributed by atoms with Crippen LogP contribution in [-0.2, 0) is 11.0 Å². The predicted octanol–water partition coefficient (Wildman–Crippen LogP) is 3.53. The molecule has 1 aromatic heterocycles. The number of nitrogens with zero attached hydrogens (tertiary/aromatic N) is 4. The zero-order chi connectivity index (χ0) is 20.3. The first-order valence-electron chi connectivity index (χ1n) is 8.73. The van der Waals surface area contributed by atoms with Gasteiger partial charge in [-0.15, -0.1) is 0 Å². The van der Waals surface area contributed by atoms with E-state index in [1.165, 1.54) is 18.3 Å². The number of rotatable bonds is 3. The summed E-state index contributed by atoms with van der Waals surface area (Å²) >= 11 is 0. The van der Waals surface area contributed by atoms with Gasteiger partial charge in [0.2, 0.25) is 5.91 Å². The summed E-state index contributed by atoms with van der Waals surface area (Å²) in [5.74, 6) is -0.0478. The lowest BCUT2D eigenvalue weighted by Crippen LogP contribution is -2.38. The van der Waals surface area contributed by atoms with E-state index < -0.39 is 17.3 Å². The molecule has 0 aliphatic carbocycles. The lowest BCUT2D eigenvalue weighted by Gasteiger charge is -2.33. The molecule has 0 bridgehead atoms. The molecule has 1 saturated heterocycles. The molecule has 28 heavy (non-hydrogen) atoms. The van der Waals surface area contributed by atoms with Crippen molar-refractivity contribution in [3.63, 3.8) is 0 Å². The van der Waals surface area contributed by atoms with Crippen molar-refractivity contribution in [1.29, 1.82) is 5.26 Å². The molecule has 6 nitrogen and oxygen atoms in total. The molecule has 3 rings (SSSR count). The number of alkyl halides is 3. The van der Waals surface area contributed by atoms with Gasteiger partial charge in [-0.1, -0.05) is 0 Å². The summed E-state index contributed by atoms with van der Waals surface area (Å²) in [4.78, 5) is 22.3. The van der Waals surface area contributed by atoms with Crippen LogP contribution in [0.15, 0.2) is 30.6 Å². The van der Waals surface area contributed by atoms with E-state index in [1.54, 1.807) is 24.1 Å². The summed E-state index contributed by atoms with van der Waals surface area (Å²) in [6.07, 6.45) is -0.535. The highest BCUT2D eigenvalue weighted by Crippen LogP contribution is 2.35. The molecule has 146 valence electrons. The number of hydrogen-bond donors (Lipinski definition) is 1. The number of carbonyl (C=O) groups excluding carboxylic acids is 1. The van der Waals surface area contributed by atoms with Crippen LogP contribution in [-0.4, -0.2) is 29.0 Å². The third-order valence-electron chi connectivity index (χ3n) is 4.69. The highest BCUT2D eigenvalue weighted by Gasteiger charge is 2.34. The molecule has 1 aromatic carbocycles. The SMILES string of the molecule is Cc1cnc(NC(=O)C2CCN(c3ccc(C#N)c(C(F)(F)F)c3)CC2)cn1. The van der Waals surface area contributed by atoms with Crippen molar-refractivity contribution < 1.29 is 18.0 Å². The molecular weight excluding hydrogens is 371 g/mol. The maximum absolute atomic E-state index is 13.1. The van der Waals surface area contributed by atoms with Gasteiger partial charge in [-0.2, -0.15) is 18.4 Å². The fourth-order valence-corrected chi connectivity index (χ4v) is 3.15. The van der Waals surface area contributed by atoms with Gasteiger partial charge in [0, 0.05) is 24.7 Å². The zero-order valence-corrected chi connectivity index (χ0v) is 15.1. The third-order valence-corrected chi connectivity index (χ3v) is 4.69. The van der Waals surface area contributed by atoms with Gasteiger partial charge in [0.15, 0.2) is 5.82 Å². The van der Waals surface area contributed by atoms with E-state index in [1.807, 2.05) is 0 Å². The van der Waals surface area contributed by atoms with Gasteiger partial charge in [-0.25, -0.2) is 4.98 Å². The summed E-state index contributed by atoms with van der Waals surface area (Å²) in [6, 6.07) is 5.28. The summed E-state index contributed by atoms with van der Waals surface area (Å²) in [7, 11) is 0. The second kappa shape index (κ2) is 7.84. The van der Waals surface area contributed by atoms with Crippen molar-refractivity contribution in [1.82, 2.24) is 9.97 Å². The highest BCUT2D eigenvalue weighted by molar-refractivity contribution is 5.91. The minimum Gasteiger partial charge on any atom is -0.371 e. The molecule has 9 heteroatoms. The first kappa shape index (κ1) is 19.6. The molecule has 0 spiro atoms. The molecule has 1 N–H and O–H groups in total. The number of carbonyl (C=O) groups is 1. The van der Waals surface area contributed by atoms with E-state index in [2.05, 4.69) is 15.3 Å². The predicted molar refractivity (Wildman–Crippen MR) is 96.5 cm³/mol. The van der Waals surface area contributed by atoms with Crippen LogP contribution < -0.4 is 10.2 Å². The van der Waals surface area contributed by atoms with Crippen LogP contribution in [0.5, 0.6) is 0 Å². The van der Waals surface area contributed by atoms with E-state index in [0.29, 0.717) is 37.4 Å². The van der Waals surface area contributed by atoms with Gasteiger partial charge in [0.05, 0.1) is 35.3 Å². The maximum Gasteiger partial charge on any atom is 0.417 e. The number of anilines is 2. The number of nitriles is 1. The van der Waals surface area contributed by atoms with Crippen molar-refractivity contribution in [2.45, 2.75) is 25.9 Å². The summed E-state index contributed by atoms with van der Waals surface area (Å²) in [5, 5.41) is 11.6. The van der Waals surface area contributed by atoms with Gasteiger partial charge in [-0.3, -0.25) is 9.78 Å². The largest absolute Gasteiger partial charge is 0.417 e. The van der Waals surface area contributed by atoms with Gasteiger partial charge in [0.25, 0.3) is 0 Å². The second-order valence-electron chi connectivity index (χ2n) is 6.63. The average molecular weight is 389 g/mol. The fraction of sp³-hybridized carbons (Fsp3) is 0.368. The molecule has 1 fully saturated rings. The number of amides is 1. The summed E-state index contributed by atoms with van der Waals surface area (Å²) in [5.41, 5.74) is -0.198. The number of aryl methyl sites for hydroxylation is 1. The van der Waals surface area contributed by atoms with Crippen LogP contribution in [0.2, 0.25) is 0 Å². The standard InChI is InChI=1S/C19H18F3N5O/c1-12-10-25-17(11-24-12)26-18(28)13-4-6-27(7-5-13)15-3-2-14(9-23)16(8-15)19(20,21)22/h2-3,8,10-11,13H,4-7H2,1H3,(H,25,26,28). The molecule has 1 amide bonds. The van der Waals surface area contributed by atoms with E-state index in [4.69, 9.17) is 5.26 Å². The monoisotopic (exact) mass is 389 g/mol. The Morgan fingerprint density at radius 1 is 1.25 bits per heavy atom. The Bertz CT molecular complexity index is 897. The van der Waals surface area contributed by atoms with Crippen molar-refractivity contribution in [3.8, 4) is 6.07 Å². The van der Waals surface area contributed by atoms with Crippen LogP contribution in [0, 0.1) is 24.2 Å². The van der Waals surface area contributed by atoms with E-state index >= 15 is 0 Å². The molecule has 0 atom stereocenters. The lowest BCUT2D eigenvalue weighted by atomic mass is 9.95. The summed E-state index contributed by atoms with van der Waals surface area (Å²) < 4.78 is 39.4. The highest BCUT2D eigenvalue weighted by atomic mass is 19.4. The number of hydrogen-bond acceptors (Lipinski definition) is 5. The zero-order valence-electron chi connectivity index (χ0n) is 15.1. The molecular formula is C19H18F3N5O. The Morgan fingerprint density at radius 3 is 2.54 bits per heavy atom. The van der Waals surface area contributed by atoms with E-state index in [-0.39, 0.29) is 11.8 Å². The lowest BCUT2D eigenvalue weighted by molar-refractivity contribution is -0.137. The van der Waals surface area contributed by atoms with Crippen LogP contribution in [0.3, 0.4) is 0 Å². The number of halogens is 3. The first-order chi connectivity index (χ1) is 13.3. The van der Waals surface area contributed by atoms with Crippen LogP contribution in [0.25, 0.3) is 0 Å². The Kier molecular flexibility index (Phi) is 5.49. The maximum atomic E-state index is 13.1. The van der Waals surface area contributed by atoms with Gasteiger partial charge in [0.1, 0.15) is 0 Å². The topological polar surface area (TPSA) is 81.9 Å². The number of aromatic nitrogens is 2. The Balaban J connectivity index is 1.64. The molecule has 0 unspecified atom stereocenters. The van der Waals surface area contributed by atoms with E-state index in [0.717, 1.165) is 11.8 Å². The summed E-state index contributed by atoms with van der Waals surface area (Å²) in [6.45, 7) is 2.68. The van der Waals surface area contributed by atoms with Crippen molar-refractivity contribution in [3.05, 3.63) is 47.4 Å². The number of piperidine rings is 1. The quantitative estimate of drug-likeness (QED) is 0.869. The van der Waals surface area contributed by atoms with Crippen molar-refractivity contribution >= 4 is 17.4 Å². The van der Waals surface area contributed by atoms with E-state index in [9.17, 15) is 18.0 Å². The Labute approximate surface area is 160 Å². The van der Waals surface area contributed by atoms with Gasteiger partial charge >= 0.3 is 6.18 Å². The Morgan fingerprint density at radius 2 is 1.96 bits per heavy atom. The molecule has 0 radical (unpaired) electrons. The third kappa shape index (κ3) is 4.39. The number of nitrogens with one attached hydrogen (secondary N) is 1. The fourth-order valence-electron chi connectivity index (χ4n) is 3.15. The second-order valence-corrected chi connectivity index (χ2v) is 6.63. The van der Waals surface area contributed by atoms with Crippen molar-refractivity contribution in [2.75, 3.05) is 23.3 Å². The minimum atomic E-state index is -4.59. The normalized spacial score (nSPS) is 15.2.